The number of urea groups is 1. The number of para-hydroxylation sites is 1. The maximum atomic E-state index is 11.4. The Morgan fingerprint density at radius 3 is 3.05 bits per heavy atom. The second-order valence-electron chi connectivity index (χ2n) is 4.33. The van der Waals surface area contributed by atoms with Crippen molar-refractivity contribution in [2.45, 2.75) is 6.54 Å². The number of ether oxygens (including phenoxy) is 1. The molecule has 0 radical (unpaired) electrons. The van der Waals surface area contributed by atoms with Crippen molar-refractivity contribution in [3.63, 3.8) is 0 Å². The van der Waals surface area contributed by atoms with Gasteiger partial charge in [0.15, 0.2) is 0 Å². The highest BCUT2D eigenvalue weighted by molar-refractivity contribution is 6.32. The Labute approximate surface area is 117 Å². The van der Waals surface area contributed by atoms with Gasteiger partial charge in [0, 0.05) is 25.2 Å². The minimum absolute atomic E-state index is 0.0294. The summed E-state index contributed by atoms with van der Waals surface area (Å²) in [6.07, 6.45) is 0. The third-order valence-corrected chi connectivity index (χ3v) is 3.27. The van der Waals surface area contributed by atoms with Gasteiger partial charge in [-0.05, 0) is 13.1 Å². The number of amides is 2. The highest BCUT2D eigenvalue weighted by atomic mass is 35.5. The number of rotatable bonds is 6. The van der Waals surface area contributed by atoms with Crippen molar-refractivity contribution in [2.24, 2.45) is 0 Å². The molecule has 6 heteroatoms. The zero-order chi connectivity index (χ0) is 13.7. The van der Waals surface area contributed by atoms with Gasteiger partial charge in [0.05, 0.1) is 11.6 Å². The minimum Gasteiger partial charge on any atom is -0.490 e. The first kappa shape index (κ1) is 14.0. The third-order valence-electron chi connectivity index (χ3n) is 2.97. The average molecular weight is 284 g/mol. The number of hydrogen-bond acceptors (Lipinski definition) is 3. The molecule has 1 heterocycles. The molecule has 1 saturated heterocycles. The summed E-state index contributed by atoms with van der Waals surface area (Å²) in [5.74, 6) is 0.693. The van der Waals surface area contributed by atoms with Crippen LogP contribution in [0.1, 0.15) is 5.56 Å². The molecule has 1 aliphatic rings. The van der Waals surface area contributed by atoms with E-state index < -0.39 is 0 Å². The van der Waals surface area contributed by atoms with E-state index in [4.69, 9.17) is 16.3 Å². The minimum atomic E-state index is -0.0294. The summed E-state index contributed by atoms with van der Waals surface area (Å²) in [5.41, 5.74) is 1.01. The summed E-state index contributed by atoms with van der Waals surface area (Å²) in [5, 5.41) is 6.43. The van der Waals surface area contributed by atoms with E-state index >= 15 is 0 Å². The zero-order valence-electron chi connectivity index (χ0n) is 10.9. The molecule has 1 aromatic carbocycles. The summed E-state index contributed by atoms with van der Waals surface area (Å²) in [6, 6.07) is 5.65. The lowest BCUT2D eigenvalue weighted by atomic mass is 10.2. The van der Waals surface area contributed by atoms with Crippen molar-refractivity contribution in [2.75, 3.05) is 33.3 Å². The zero-order valence-corrected chi connectivity index (χ0v) is 11.7. The van der Waals surface area contributed by atoms with E-state index in [-0.39, 0.29) is 6.03 Å². The maximum absolute atomic E-state index is 11.4. The van der Waals surface area contributed by atoms with Crippen LogP contribution in [0.3, 0.4) is 0 Å². The molecular formula is C13H18ClN3O2. The van der Waals surface area contributed by atoms with Crippen LogP contribution in [0.4, 0.5) is 4.79 Å². The van der Waals surface area contributed by atoms with Gasteiger partial charge < -0.3 is 20.3 Å². The van der Waals surface area contributed by atoms with Crippen molar-refractivity contribution < 1.29 is 9.53 Å². The van der Waals surface area contributed by atoms with Gasteiger partial charge in [-0.25, -0.2) is 4.79 Å². The Hall–Kier alpha value is -1.46. The Bertz CT molecular complexity index is 454. The van der Waals surface area contributed by atoms with Gasteiger partial charge in [-0.2, -0.15) is 0 Å². The first-order chi connectivity index (χ1) is 9.22. The molecule has 0 atom stereocenters. The normalized spacial score (nSPS) is 14.6. The number of carbonyl (C=O) groups excluding carboxylic acids is 1. The van der Waals surface area contributed by atoms with Gasteiger partial charge in [-0.15, -0.1) is 0 Å². The number of benzene rings is 1. The highest BCUT2D eigenvalue weighted by Gasteiger charge is 2.19. The van der Waals surface area contributed by atoms with Crippen LogP contribution in [0.2, 0.25) is 5.02 Å². The average Bonchev–Trinajstić information content (AvgIpc) is 2.79. The predicted molar refractivity (Wildman–Crippen MR) is 74.7 cm³/mol. The predicted octanol–water partition coefficient (Wildman–Crippen LogP) is 1.46. The van der Waals surface area contributed by atoms with Gasteiger partial charge in [-0.1, -0.05) is 23.7 Å². The molecule has 0 spiro atoms. The van der Waals surface area contributed by atoms with E-state index in [9.17, 15) is 4.79 Å². The molecule has 0 aliphatic carbocycles. The number of nitrogens with one attached hydrogen (secondary N) is 2. The van der Waals surface area contributed by atoms with Gasteiger partial charge in [0.25, 0.3) is 0 Å². The first-order valence-electron chi connectivity index (χ1n) is 6.30. The smallest absolute Gasteiger partial charge is 0.317 e. The molecule has 1 aromatic rings. The second-order valence-corrected chi connectivity index (χ2v) is 4.73. The molecule has 2 amide bonds. The maximum Gasteiger partial charge on any atom is 0.317 e. The molecule has 0 aromatic heterocycles. The van der Waals surface area contributed by atoms with Gasteiger partial charge in [0.2, 0.25) is 0 Å². The number of hydrogen-bond donors (Lipinski definition) is 2. The van der Waals surface area contributed by atoms with Crippen LogP contribution < -0.4 is 15.4 Å². The number of halogens is 1. The van der Waals surface area contributed by atoms with Gasteiger partial charge in [0.1, 0.15) is 12.4 Å². The molecular weight excluding hydrogens is 266 g/mol. The van der Waals surface area contributed by atoms with E-state index in [1.807, 2.05) is 19.2 Å². The Morgan fingerprint density at radius 2 is 2.37 bits per heavy atom. The molecule has 0 saturated carbocycles. The molecule has 1 aliphatic heterocycles. The van der Waals surface area contributed by atoms with Crippen LogP contribution in [-0.4, -0.2) is 44.2 Å². The third kappa shape index (κ3) is 3.52. The second kappa shape index (κ2) is 6.63. The van der Waals surface area contributed by atoms with Crippen LogP contribution >= 0.6 is 11.6 Å². The number of carbonyl (C=O) groups is 1. The summed E-state index contributed by atoms with van der Waals surface area (Å²) in [4.78, 5) is 13.1. The highest BCUT2D eigenvalue weighted by Crippen LogP contribution is 2.28. The summed E-state index contributed by atoms with van der Waals surface area (Å²) in [7, 11) is 1.87. The van der Waals surface area contributed by atoms with E-state index in [1.54, 1.807) is 11.0 Å². The van der Waals surface area contributed by atoms with E-state index in [2.05, 4.69) is 10.6 Å². The van der Waals surface area contributed by atoms with E-state index in [0.717, 1.165) is 12.1 Å². The largest absolute Gasteiger partial charge is 0.490 e. The quantitative estimate of drug-likeness (QED) is 0.831. The number of nitrogens with zero attached hydrogens (tertiary/aromatic N) is 1. The van der Waals surface area contributed by atoms with Gasteiger partial charge >= 0.3 is 6.03 Å². The van der Waals surface area contributed by atoms with Crippen molar-refractivity contribution in [1.82, 2.24) is 15.5 Å². The van der Waals surface area contributed by atoms with Crippen molar-refractivity contribution in [3.8, 4) is 5.75 Å². The lowest BCUT2D eigenvalue weighted by molar-refractivity contribution is 0.202. The molecule has 2 N–H and O–H groups in total. The Balaban J connectivity index is 1.93. The lowest BCUT2D eigenvalue weighted by Crippen LogP contribution is -2.32. The molecule has 1 fully saturated rings. The SMILES string of the molecule is CNCc1cccc(Cl)c1OCCN1CCNC1=O. The molecule has 0 unspecified atom stereocenters. The van der Waals surface area contributed by atoms with Crippen LogP contribution in [0.15, 0.2) is 18.2 Å². The van der Waals surface area contributed by atoms with E-state index in [1.165, 1.54) is 0 Å². The molecule has 19 heavy (non-hydrogen) atoms. The van der Waals surface area contributed by atoms with Crippen molar-refractivity contribution in [1.29, 1.82) is 0 Å². The lowest BCUT2D eigenvalue weighted by Gasteiger charge is -2.17. The van der Waals surface area contributed by atoms with Crippen LogP contribution in [-0.2, 0) is 6.54 Å². The fourth-order valence-corrected chi connectivity index (χ4v) is 2.28. The summed E-state index contributed by atoms with van der Waals surface area (Å²) >= 11 is 6.14. The molecule has 104 valence electrons. The summed E-state index contributed by atoms with van der Waals surface area (Å²) in [6.45, 7) is 3.13. The Kier molecular flexibility index (Phi) is 4.87. The monoisotopic (exact) mass is 283 g/mol. The van der Waals surface area contributed by atoms with E-state index in [0.29, 0.717) is 37.0 Å². The van der Waals surface area contributed by atoms with Crippen molar-refractivity contribution in [3.05, 3.63) is 28.8 Å². The van der Waals surface area contributed by atoms with Gasteiger partial charge in [-0.3, -0.25) is 0 Å². The standard InChI is InChI=1S/C13H18ClN3O2/c1-15-9-10-3-2-4-11(14)12(10)19-8-7-17-6-5-16-13(17)18/h2-4,15H,5-9H2,1H3,(H,16,18). The molecule has 0 bridgehead atoms. The molecule has 2 rings (SSSR count). The van der Waals surface area contributed by atoms with Crippen molar-refractivity contribution >= 4 is 17.6 Å². The fraction of sp³-hybridized carbons (Fsp3) is 0.462. The first-order valence-corrected chi connectivity index (χ1v) is 6.67. The van der Waals surface area contributed by atoms with Crippen LogP contribution in [0.25, 0.3) is 0 Å². The summed E-state index contributed by atoms with van der Waals surface area (Å²) < 4.78 is 5.74. The van der Waals surface area contributed by atoms with Crippen LogP contribution in [0, 0.1) is 0 Å². The topological polar surface area (TPSA) is 53.6 Å². The van der Waals surface area contributed by atoms with Crippen LogP contribution in [0.5, 0.6) is 5.75 Å². The molecule has 5 nitrogen and oxygen atoms in total. The fourth-order valence-electron chi connectivity index (χ4n) is 2.03. The Morgan fingerprint density at radius 1 is 1.53 bits per heavy atom.